The number of thiocarbonyl (C=S) groups is 1. The Morgan fingerprint density at radius 2 is 1.94 bits per heavy atom. The van der Waals surface area contributed by atoms with Gasteiger partial charge in [-0.05, 0) is 19.0 Å². The van der Waals surface area contributed by atoms with Crippen LogP contribution in [0.2, 0.25) is 0 Å². The molecule has 0 aromatic heterocycles. The van der Waals surface area contributed by atoms with E-state index in [1.54, 1.807) is 0 Å². The van der Waals surface area contributed by atoms with Gasteiger partial charge in [-0.3, -0.25) is 4.90 Å². The molecule has 0 aliphatic rings. The zero-order chi connectivity index (χ0) is 13.4. The molecule has 1 rings (SSSR count). The van der Waals surface area contributed by atoms with Crippen LogP contribution in [0.4, 0.5) is 0 Å². The van der Waals surface area contributed by atoms with Gasteiger partial charge in [-0.1, -0.05) is 43.4 Å². The van der Waals surface area contributed by atoms with Crippen LogP contribution in [-0.4, -0.2) is 36.2 Å². The molecule has 4 heteroatoms. The van der Waals surface area contributed by atoms with E-state index in [0.717, 1.165) is 38.4 Å². The quantitative estimate of drug-likeness (QED) is 0.578. The first kappa shape index (κ1) is 15.1. The first-order chi connectivity index (χ1) is 8.67. The van der Waals surface area contributed by atoms with Crippen LogP contribution in [0, 0.1) is 0 Å². The highest BCUT2D eigenvalue weighted by Gasteiger charge is 2.04. The van der Waals surface area contributed by atoms with Crippen molar-refractivity contribution in [3.05, 3.63) is 35.4 Å². The topological polar surface area (TPSA) is 38.5 Å². The number of benzene rings is 1. The minimum absolute atomic E-state index is 0.449. The molecule has 0 atom stereocenters. The van der Waals surface area contributed by atoms with Crippen molar-refractivity contribution in [2.45, 2.75) is 20.4 Å². The van der Waals surface area contributed by atoms with Crippen molar-refractivity contribution in [2.75, 3.05) is 26.3 Å². The van der Waals surface area contributed by atoms with E-state index >= 15 is 0 Å². The molecule has 2 N–H and O–H groups in total. The number of nitrogens with zero attached hydrogens (tertiary/aromatic N) is 1. The number of hydrogen-bond donors (Lipinski definition) is 1. The van der Waals surface area contributed by atoms with E-state index in [1.807, 2.05) is 19.1 Å². The molecule has 0 aliphatic carbocycles. The van der Waals surface area contributed by atoms with Crippen molar-refractivity contribution in [3.63, 3.8) is 0 Å². The Labute approximate surface area is 115 Å². The number of ether oxygens (including phenoxy) is 1. The largest absolute Gasteiger partial charge is 0.389 e. The fourth-order valence-electron chi connectivity index (χ4n) is 1.72. The van der Waals surface area contributed by atoms with E-state index in [2.05, 4.69) is 24.0 Å². The third kappa shape index (κ3) is 5.12. The van der Waals surface area contributed by atoms with Gasteiger partial charge in [0.1, 0.15) is 4.99 Å². The highest BCUT2D eigenvalue weighted by atomic mass is 32.1. The minimum Gasteiger partial charge on any atom is -0.389 e. The highest BCUT2D eigenvalue weighted by Crippen LogP contribution is 2.07. The fourth-order valence-corrected chi connectivity index (χ4v) is 1.86. The van der Waals surface area contributed by atoms with Gasteiger partial charge < -0.3 is 10.5 Å². The number of hydrogen-bond acceptors (Lipinski definition) is 3. The van der Waals surface area contributed by atoms with Crippen molar-refractivity contribution in [3.8, 4) is 0 Å². The predicted octanol–water partition coefficient (Wildman–Crippen LogP) is 2.18. The van der Waals surface area contributed by atoms with Crippen LogP contribution in [0.15, 0.2) is 24.3 Å². The third-order valence-corrected chi connectivity index (χ3v) is 3.08. The average Bonchev–Trinajstić information content (AvgIpc) is 2.38. The Bertz CT molecular complexity index is 365. The van der Waals surface area contributed by atoms with Gasteiger partial charge in [-0.2, -0.15) is 0 Å². The number of rotatable bonds is 8. The fraction of sp³-hybridized carbons (Fsp3) is 0.500. The molecule has 1 aromatic rings. The normalized spacial score (nSPS) is 10.8. The summed E-state index contributed by atoms with van der Waals surface area (Å²) in [5.41, 5.74) is 7.77. The SMILES string of the molecule is CCOCCN(CC)Cc1ccc(C(N)=S)cc1. The molecule has 0 heterocycles. The lowest BCUT2D eigenvalue weighted by atomic mass is 10.1. The smallest absolute Gasteiger partial charge is 0.103 e. The summed E-state index contributed by atoms with van der Waals surface area (Å²) in [6, 6.07) is 8.12. The van der Waals surface area contributed by atoms with Gasteiger partial charge in [0.05, 0.1) is 6.61 Å². The van der Waals surface area contributed by atoms with Gasteiger partial charge in [0, 0.05) is 25.3 Å². The van der Waals surface area contributed by atoms with Crippen molar-refractivity contribution in [1.29, 1.82) is 0 Å². The molecule has 0 fully saturated rings. The predicted molar refractivity (Wildman–Crippen MR) is 79.8 cm³/mol. The van der Waals surface area contributed by atoms with E-state index in [9.17, 15) is 0 Å². The Kier molecular flexibility index (Phi) is 6.86. The van der Waals surface area contributed by atoms with Crippen molar-refractivity contribution in [2.24, 2.45) is 5.73 Å². The maximum absolute atomic E-state index is 5.58. The molecule has 1 aromatic carbocycles. The van der Waals surface area contributed by atoms with Crippen LogP contribution in [-0.2, 0) is 11.3 Å². The minimum atomic E-state index is 0.449. The maximum atomic E-state index is 5.58. The monoisotopic (exact) mass is 266 g/mol. The summed E-state index contributed by atoms with van der Waals surface area (Å²) in [6.07, 6.45) is 0. The van der Waals surface area contributed by atoms with E-state index in [4.69, 9.17) is 22.7 Å². The molecule has 0 radical (unpaired) electrons. The standard InChI is InChI=1S/C14H22N2OS/c1-3-16(9-10-17-4-2)11-12-5-7-13(8-6-12)14(15)18/h5-8H,3-4,9-11H2,1-2H3,(H2,15,18). The lowest BCUT2D eigenvalue weighted by Crippen LogP contribution is -2.27. The van der Waals surface area contributed by atoms with Crippen molar-refractivity contribution in [1.82, 2.24) is 4.90 Å². The molecular formula is C14H22N2OS. The van der Waals surface area contributed by atoms with Crippen LogP contribution >= 0.6 is 12.2 Å². The number of likely N-dealkylation sites (N-methyl/N-ethyl adjacent to an activating group) is 1. The zero-order valence-electron chi connectivity index (χ0n) is 11.2. The summed E-state index contributed by atoms with van der Waals surface area (Å²) in [7, 11) is 0. The van der Waals surface area contributed by atoms with Gasteiger partial charge in [-0.15, -0.1) is 0 Å². The summed E-state index contributed by atoms with van der Waals surface area (Å²) in [6.45, 7) is 8.66. The summed E-state index contributed by atoms with van der Waals surface area (Å²) < 4.78 is 5.38. The molecule has 100 valence electrons. The van der Waals surface area contributed by atoms with Gasteiger partial charge in [0.15, 0.2) is 0 Å². The molecule has 0 saturated carbocycles. The van der Waals surface area contributed by atoms with Crippen molar-refractivity contribution >= 4 is 17.2 Å². The molecule has 0 aliphatic heterocycles. The molecule has 0 unspecified atom stereocenters. The van der Waals surface area contributed by atoms with E-state index in [-0.39, 0.29) is 0 Å². The van der Waals surface area contributed by atoms with Crippen LogP contribution in [0.1, 0.15) is 25.0 Å². The Balaban J connectivity index is 2.50. The molecular weight excluding hydrogens is 244 g/mol. The maximum Gasteiger partial charge on any atom is 0.103 e. The lowest BCUT2D eigenvalue weighted by molar-refractivity contribution is 0.113. The summed E-state index contributed by atoms with van der Waals surface area (Å²) in [4.78, 5) is 2.80. The number of nitrogens with two attached hydrogens (primary N) is 1. The van der Waals surface area contributed by atoms with E-state index in [1.165, 1.54) is 5.56 Å². The second-order valence-corrected chi connectivity index (χ2v) is 4.57. The van der Waals surface area contributed by atoms with Gasteiger partial charge in [0.25, 0.3) is 0 Å². The summed E-state index contributed by atoms with van der Waals surface area (Å²) in [5, 5.41) is 0. The van der Waals surface area contributed by atoms with E-state index < -0.39 is 0 Å². The first-order valence-electron chi connectivity index (χ1n) is 6.36. The van der Waals surface area contributed by atoms with Crippen LogP contribution < -0.4 is 5.73 Å². The van der Waals surface area contributed by atoms with Crippen LogP contribution in [0.25, 0.3) is 0 Å². The van der Waals surface area contributed by atoms with E-state index in [0.29, 0.717) is 4.99 Å². The van der Waals surface area contributed by atoms with Gasteiger partial charge in [0.2, 0.25) is 0 Å². The van der Waals surface area contributed by atoms with Gasteiger partial charge >= 0.3 is 0 Å². The molecule has 0 bridgehead atoms. The van der Waals surface area contributed by atoms with Crippen molar-refractivity contribution < 1.29 is 4.74 Å². The molecule has 0 spiro atoms. The average molecular weight is 266 g/mol. The Morgan fingerprint density at radius 1 is 1.28 bits per heavy atom. The molecule has 0 amide bonds. The lowest BCUT2D eigenvalue weighted by Gasteiger charge is -2.20. The summed E-state index contributed by atoms with van der Waals surface area (Å²) in [5.74, 6) is 0. The molecule has 18 heavy (non-hydrogen) atoms. The Hall–Kier alpha value is -0.970. The second kappa shape index (κ2) is 8.19. The third-order valence-electron chi connectivity index (χ3n) is 2.85. The van der Waals surface area contributed by atoms with Crippen LogP contribution in [0.5, 0.6) is 0 Å². The molecule has 3 nitrogen and oxygen atoms in total. The highest BCUT2D eigenvalue weighted by molar-refractivity contribution is 7.80. The second-order valence-electron chi connectivity index (χ2n) is 4.13. The van der Waals surface area contributed by atoms with Gasteiger partial charge in [-0.25, -0.2) is 0 Å². The first-order valence-corrected chi connectivity index (χ1v) is 6.77. The Morgan fingerprint density at radius 3 is 2.44 bits per heavy atom. The molecule has 0 saturated heterocycles. The summed E-state index contributed by atoms with van der Waals surface area (Å²) >= 11 is 4.94. The zero-order valence-corrected chi connectivity index (χ0v) is 12.0. The van der Waals surface area contributed by atoms with Crippen LogP contribution in [0.3, 0.4) is 0 Å².